The summed E-state index contributed by atoms with van der Waals surface area (Å²) in [5, 5.41) is 0. The molecule has 0 spiro atoms. The largest absolute Gasteiger partial charge is 0.294 e. The van der Waals surface area contributed by atoms with Crippen molar-refractivity contribution in [1.29, 1.82) is 0 Å². The first kappa shape index (κ1) is 12.9. The van der Waals surface area contributed by atoms with E-state index in [2.05, 4.69) is 32.0 Å². The lowest BCUT2D eigenvalue weighted by Gasteiger charge is -1.98. The Labute approximate surface area is 87.9 Å². The molecule has 0 aromatic rings. The lowest BCUT2D eigenvalue weighted by molar-refractivity contribution is 0.966. The molecule has 0 amide bonds. The molecule has 0 saturated heterocycles. The molecule has 78 valence electrons. The Bertz CT molecular complexity index is 256. The normalized spacial score (nSPS) is 12.1. The van der Waals surface area contributed by atoms with Gasteiger partial charge in [-0.15, -0.1) is 0 Å². The van der Waals surface area contributed by atoms with E-state index in [1.807, 2.05) is 19.1 Å². The number of nitrogens with zero attached hydrogens (tertiary/aromatic N) is 1. The van der Waals surface area contributed by atoms with Crippen molar-refractivity contribution in [2.24, 2.45) is 4.99 Å². The van der Waals surface area contributed by atoms with Crippen LogP contribution in [0.1, 0.15) is 33.6 Å². The molecule has 0 heterocycles. The van der Waals surface area contributed by atoms with Crippen LogP contribution in [-0.4, -0.2) is 12.3 Å². The van der Waals surface area contributed by atoms with Crippen molar-refractivity contribution in [2.75, 3.05) is 6.54 Å². The first-order chi connectivity index (χ1) is 6.56. The maximum absolute atomic E-state index is 4.41. The first-order valence-corrected chi connectivity index (χ1v) is 5.07. The zero-order valence-electron chi connectivity index (χ0n) is 9.64. The molecule has 0 aromatic carbocycles. The maximum atomic E-state index is 4.41. The molecule has 1 heteroatoms. The van der Waals surface area contributed by atoms with Crippen LogP contribution in [0.15, 0.2) is 41.4 Å². The molecule has 0 N–H and O–H groups in total. The number of hydrogen-bond donors (Lipinski definition) is 0. The maximum Gasteiger partial charge on any atom is 0.0428 e. The molecule has 0 atom stereocenters. The fraction of sp³-hybridized carbons (Fsp3) is 0.462. The molecule has 0 aromatic heterocycles. The molecular formula is C13H21N. The Hall–Kier alpha value is -1.11. The molecule has 0 fully saturated rings. The van der Waals surface area contributed by atoms with Gasteiger partial charge in [0.2, 0.25) is 0 Å². The van der Waals surface area contributed by atoms with Gasteiger partial charge in [0, 0.05) is 12.3 Å². The second kappa shape index (κ2) is 7.31. The van der Waals surface area contributed by atoms with Crippen LogP contribution in [0.25, 0.3) is 0 Å². The second-order valence-corrected chi connectivity index (χ2v) is 3.56. The van der Waals surface area contributed by atoms with E-state index in [4.69, 9.17) is 0 Å². The quantitative estimate of drug-likeness (QED) is 0.445. The highest BCUT2D eigenvalue weighted by Gasteiger charge is 1.89. The highest BCUT2D eigenvalue weighted by atomic mass is 14.7. The molecule has 0 rings (SSSR count). The average Bonchev–Trinajstić information content (AvgIpc) is 2.14. The highest BCUT2D eigenvalue weighted by Crippen LogP contribution is 2.03. The zero-order chi connectivity index (χ0) is 11.0. The van der Waals surface area contributed by atoms with Crippen molar-refractivity contribution in [3.8, 4) is 0 Å². The number of hydrogen-bond acceptors (Lipinski definition) is 1. The number of allylic oxidation sites excluding steroid dienone is 3. The molecule has 0 unspecified atom stereocenters. The summed E-state index contributed by atoms with van der Waals surface area (Å²) in [5.74, 6) is 0. The summed E-state index contributed by atoms with van der Waals surface area (Å²) in [6, 6.07) is 0. The van der Waals surface area contributed by atoms with Crippen molar-refractivity contribution in [3.05, 3.63) is 36.5 Å². The van der Waals surface area contributed by atoms with Gasteiger partial charge < -0.3 is 0 Å². The third kappa shape index (κ3) is 7.53. The third-order valence-electron chi connectivity index (χ3n) is 1.93. The van der Waals surface area contributed by atoms with Gasteiger partial charge in [0.25, 0.3) is 0 Å². The van der Waals surface area contributed by atoms with Gasteiger partial charge in [-0.25, -0.2) is 0 Å². The molecule has 0 aliphatic heterocycles. The van der Waals surface area contributed by atoms with Crippen LogP contribution in [0, 0.1) is 0 Å². The number of rotatable bonds is 6. The van der Waals surface area contributed by atoms with E-state index in [0.29, 0.717) is 0 Å². The van der Waals surface area contributed by atoms with Crippen LogP contribution in [0.4, 0.5) is 0 Å². The minimum atomic E-state index is 0.846. The zero-order valence-corrected chi connectivity index (χ0v) is 9.64. The molecule has 0 bridgehead atoms. The Kier molecular flexibility index (Phi) is 6.73. The summed E-state index contributed by atoms with van der Waals surface area (Å²) in [6.45, 7) is 14.7. The summed E-state index contributed by atoms with van der Waals surface area (Å²) in [7, 11) is 0. The van der Waals surface area contributed by atoms with Crippen LogP contribution in [-0.2, 0) is 0 Å². The fourth-order valence-corrected chi connectivity index (χ4v) is 0.846. The van der Waals surface area contributed by atoms with Gasteiger partial charge in [0.15, 0.2) is 0 Å². The van der Waals surface area contributed by atoms with E-state index in [1.165, 1.54) is 5.71 Å². The van der Waals surface area contributed by atoms with E-state index in [9.17, 15) is 0 Å². The van der Waals surface area contributed by atoms with E-state index < -0.39 is 0 Å². The lowest BCUT2D eigenvalue weighted by atomic mass is 10.2. The molecule has 14 heavy (non-hydrogen) atoms. The van der Waals surface area contributed by atoms with E-state index in [0.717, 1.165) is 30.5 Å². The van der Waals surface area contributed by atoms with Crippen LogP contribution in [0.2, 0.25) is 0 Å². The van der Waals surface area contributed by atoms with E-state index in [-0.39, 0.29) is 0 Å². The highest BCUT2D eigenvalue weighted by molar-refractivity contribution is 5.81. The van der Waals surface area contributed by atoms with Crippen LogP contribution >= 0.6 is 0 Å². The summed E-state index contributed by atoms with van der Waals surface area (Å²) in [5.41, 5.74) is 3.38. The molecule has 0 radical (unpaired) electrons. The van der Waals surface area contributed by atoms with Gasteiger partial charge in [0.1, 0.15) is 0 Å². The van der Waals surface area contributed by atoms with Crippen molar-refractivity contribution in [1.82, 2.24) is 0 Å². The average molecular weight is 191 g/mol. The molecule has 0 saturated carbocycles. The SMILES string of the molecule is C=C(C)C=CC(=C)CCN=C(C)CC. The molecule has 0 aliphatic carbocycles. The summed E-state index contributed by atoms with van der Waals surface area (Å²) in [4.78, 5) is 4.41. The number of aliphatic imine (C=N–C) groups is 1. The van der Waals surface area contributed by atoms with Gasteiger partial charge in [-0.3, -0.25) is 4.99 Å². The van der Waals surface area contributed by atoms with Crippen molar-refractivity contribution in [2.45, 2.75) is 33.6 Å². The minimum Gasteiger partial charge on any atom is -0.294 e. The minimum absolute atomic E-state index is 0.846. The van der Waals surface area contributed by atoms with E-state index in [1.54, 1.807) is 0 Å². The van der Waals surface area contributed by atoms with Gasteiger partial charge in [0.05, 0.1) is 0 Å². The lowest BCUT2D eigenvalue weighted by Crippen LogP contribution is -1.91. The second-order valence-electron chi connectivity index (χ2n) is 3.56. The van der Waals surface area contributed by atoms with Crippen molar-refractivity contribution in [3.63, 3.8) is 0 Å². The first-order valence-electron chi connectivity index (χ1n) is 5.07. The smallest absolute Gasteiger partial charge is 0.0428 e. The Morgan fingerprint density at radius 1 is 1.21 bits per heavy atom. The molecule has 0 aliphatic rings. The van der Waals surface area contributed by atoms with Crippen molar-refractivity contribution < 1.29 is 0 Å². The summed E-state index contributed by atoms with van der Waals surface area (Å²) in [6.07, 6.45) is 5.97. The Morgan fingerprint density at radius 2 is 1.86 bits per heavy atom. The topological polar surface area (TPSA) is 12.4 Å². The van der Waals surface area contributed by atoms with Gasteiger partial charge in [-0.2, -0.15) is 0 Å². The standard InChI is InChI=1S/C13H21N/c1-6-13(5)14-10-9-12(4)8-7-11(2)3/h7-8H,2,4,6,9-10H2,1,3,5H3. The predicted molar refractivity (Wildman–Crippen MR) is 66.0 cm³/mol. The molecule has 1 nitrogen and oxygen atoms in total. The third-order valence-corrected chi connectivity index (χ3v) is 1.93. The fourth-order valence-electron chi connectivity index (χ4n) is 0.846. The van der Waals surface area contributed by atoms with Crippen LogP contribution < -0.4 is 0 Å². The van der Waals surface area contributed by atoms with Crippen LogP contribution in [0.3, 0.4) is 0 Å². The Balaban J connectivity index is 3.81. The summed E-state index contributed by atoms with van der Waals surface area (Å²) < 4.78 is 0. The molecular weight excluding hydrogens is 170 g/mol. The van der Waals surface area contributed by atoms with Gasteiger partial charge in [-0.1, -0.05) is 43.4 Å². The predicted octanol–water partition coefficient (Wildman–Crippen LogP) is 3.94. The monoisotopic (exact) mass is 191 g/mol. The Morgan fingerprint density at radius 3 is 2.36 bits per heavy atom. The van der Waals surface area contributed by atoms with Gasteiger partial charge >= 0.3 is 0 Å². The van der Waals surface area contributed by atoms with Crippen molar-refractivity contribution >= 4 is 5.71 Å². The van der Waals surface area contributed by atoms with Gasteiger partial charge in [-0.05, 0) is 26.7 Å². The van der Waals surface area contributed by atoms with E-state index >= 15 is 0 Å². The van der Waals surface area contributed by atoms with Crippen LogP contribution in [0.5, 0.6) is 0 Å². The summed E-state index contributed by atoms with van der Waals surface area (Å²) >= 11 is 0.